The summed E-state index contributed by atoms with van der Waals surface area (Å²) >= 11 is 4.63. The Balaban J connectivity index is 1.95. The van der Waals surface area contributed by atoms with Gasteiger partial charge in [-0.3, -0.25) is 14.2 Å². The van der Waals surface area contributed by atoms with Crippen LogP contribution in [0.5, 0.6) is 0 Å². The molecule has 1 aromatic heterocycles. The monoisotopic (exact) mass is 446 g/mol. The molecule has 0 saturated heterocycles. The molecular formula is C20H19BrN2O3S. The molecular weight excluding hydrogens is 428 g/mol. The summed E-state index contributed by atoms with van der Waals surface area (Å²) < 4.78 is 2.46. The first-order valence-electron chi connectivity index (χ1n) is 8.58. The number of hydrogen-bond acceptors (Lipinski definition) is 5. The Bertz CT molecular complexity index is 1020. The lowest BCUT2D eigenvalue weighted by Gasteiger charge is -2.15. The number of aliphatic hydroxyl groups is 1. The molecule has 0 saturated carbocycles. The van der Waals surface area contributed by atoms with Crippen molar-refractivity contribution in [3.63, 3.8) is 0 Å². The Morgan fingerprint density at radius 2 is 1.93 bits per heavy atom. The lowest BCUT2D eigenvalue weighted by molar-refractivity contribution is 0.0993. The molecule has 3 rings (SSSR count). The molecule has 0 aliphatic heterocycles. The van der Waals surface area contributed by atoms with Crippen LogP contribution in [0.3, 0.4) is 0 Å². The summed E-state index contributed by atoms with van der Waals surface area (Å²) in [5.74, 6) is -0.0244. The number of rotatable bonds is 7. The lowest BCUT2D eigenvalue weighted by atomic mass is 10.1. The molecule has 5 nitrogen and oxygen atoms in total. The van der Waals surface area contributed by atoms with Crippen molar-refractivity contribution in [3.8, 4) is 0 Å². The van der Waals surface area contributed by atoms with Crippen molar-refractivity contribution < 1.29 is 9.90 Å². The van der Waals surface area contributed by atoms with Gasteiger partial charge in [0.05, 0.1) is 16.2 Å². The van der Waals surface area contributed by atoms with Crippen LogP contribution in [-0.2, 0) is 6.54 Å². The first-order valence-corrected chi connectivity index (χ1v) is 10.3. The van der Waals surface area contributed by atoms with Gasteiger partial charge in [-0.05, 0) is 37.6 Å². The summed E-state index contributed by atoms with van der Waals surface area (Å²) in [6.07, 6.45) is 0.447. The fourth-order valence-electron chi connectivity index (χ4n) is 2.72. The summed E-state index contributed by atoms with van der Waals surface area (Å²) in [5.41, 5.74) is 1.07. The zero-order valence-corrected chi connectivity index (χ0v) is 17.2. The molecule has 140 valence electrons. The summed E-state index contributed by atoms with van der Waals surface area (Å²) in [6, 6.07) is 14.4. The summed E-state index contributed by atoms with van der Waals surface area (Å²) in [7, 11) is 0. The van der Waals surface area contributed by atoms with Gasteiger partial charge in [0.15, 0.2) is 10.9 Å². The van der Waals surface area contributed by atoms with Crippen molar-refractivity contribution in [3.05, 3.63) is 68.9 Å². The van der Waals surface area contributed by atoms with Gasteiger partial charge in [-0.2, -0.15) is 0 Å². The molecule has 0 aliphatic rings. The fourth-order valence-corrected chi connectivity index (χ4v) is 4.00. The van der Waals surface area contributed by atoms with E-state index in [1.54, 1.807) is 34.9 Å². The largest absolute Gasteiger partial charge is 0.396 e. The number of carbonyl (C=O) groups excluding carboxylic acids is 1. The molecule has 1 heterocycles. The van der Waals surface area contributed by atoms with Crippen LogP contribution >= 0.6 is 27.7 Å². The zero-order valence-electron chi connectivity index (χ0n) is 14.8. The third-order valence-corrected chi connectivity index (χ3v) is 5.77. The second-order valence-corrected chi connectivity index (χ2v) is 8.30. The van der Waals surface area contributed by atoms with Crippen LogP contribution in [0.15, 0.2) is 63.0 Å². The van der Waals surface area contributed by atoms with Crippen molar-refractivity contribution in [2.45, 2.75) is 30.3 Å². The molecule has 27 heavy (non-hydrogen) atoms. The fraction of sp³-hybridized carbons (Fsp3) is 0.250. The highest BCUT2D eigenvalue weighted by Gasteiger charge is 2.20. The van der Waals surface area contributed by atoms with E-state index in [1.165, 1.54) is 11.8 Å². The number of aromatic nitrogens is 2. The highest BCUT2D eigenvalue weighted by molar-refractivity contribution is 9.10. The second-order valence-electron chi connectivity index (χ2n) is 6.08. The van der Waals surface area contributed by atoms with Crippen molar-refractivity contribution in [1.29, 1.82) is 0 Å². The number of aliphatic hydroxyl groups excluding tert-OH is 1. The van der Waals surface area contributed by atoms with Gasteiger partial charge in [-0.1, -0.05) is 52.0 Å². The number of benzene rings is 2. The maximum absolute atomic E-state index is 12.9. The predicted octanol–water partition coefficient (Wildman–Crippen LogP) is 3.90. The zero-order chi connectivity index (χ0) is 19.4. The van der Waals surface area contributed by atoms with Crippen molar-refractivity contribution in [2.24, 2.45) is 0 Å². The lowest BCUT2D eigenvalue weighted by Crippen LogP contribution is -2.25. The van der Waals surface area contributed by atoms with Crippen LogP contribution in [-0.4, -0.2) is 32.3 Å². The normalized spacial score (nSPS) is 12.3. The Labute approximate surface area is 169 Å². The maximum Gasteiger partial charge on any atom is 0.262 e. The third-order valence-electron chi connectivity index (χ3n) is 4.15. The highest BCUT2D eigenvalue weighted by Crippen LogP contribution is 2.25. The number of thioether (sulfide) groups is 1. The van der Waals surface area contributed by atoms with E-state index in [0.717, 1.165) is 4.47 Å². The Hall–Kier alpha value is -1.96. The van der Waals surface area contributed by atoms with Gasteiger partial charge in [-0.15, -0.1) is 0 Å². The van der Waals surface area contributed by atoms with Crippen molar-refractivity contribution in [1.82, 2.24) is 9.55 Å². The van der Waals surface area contributed by atoms with Crippen LogP contribution in [0.4, 0.5) is 0 Å². The molecule has 0 amide bonds. The van der Waals surface area contributed by atoms with Gasteiger partial charge in [0, 0.05) is 23.2 Å². The van der Waals surface area contributed by atoms with Gasteiger partial charge in [0.25, 0.3) is 5.56 Å². The van der Waals surface area contributed by atoms with E-state index in [1.807, 2.05) is 25.1 Å². The molecule has 1 unspecified atom stereocenters. The highest BCUT2D eigenvalue weighted by atomic mass is 79.9. The molecule has 1 N–H and O–H groups in total. The van der Waals surface area contributed by atoms with E-state index in [2.05, 4.69) is 20.9 Å². The second kappa shape index (κ2) is 8.82. The minimum absolute atomic E-state index is 0.0171. The predicted molar refractivity (Wildman–Crippen MR) is 111 cm³/mol. The number of nitrogens with zero attached hydrogens (tertiary/aromatic N) is 2. The van der Waals surface area contributed by atoms with E-state index >= 15 is 0 Å². The summed E-state index contributed by atoms with van der Waals surface area (Å²) in [5, 5.41) is 9.78. The maximum atomic E-state index is 12.9. The Morgan fingerprint density at radius 1 is 1.22 bits per heavy atom. The summed E-state index contributed by atoms with van der Waals surface area (Å²) in [4.78, 5) is 30.2. The molecule has 0 radical (unpaired) electrons. The number of halogens is 1. The SMILES string of the molecule is CC(Sc1nc2ccccc2c(=O)n1CCCO)C(=O)c1ccc(Br)cc1. The van der Waals surface area contributed by atoms with Gasteiger partial charge < -0.3 is 5.11 Å². The van der Waals surface area contributed by atoms with Gasteiger partial charge in [0.1, 0.15) is 0 Å². The van der Waals surface area contributed by atoms with E-state index in [9.17, 15) is 9.59 Å². The molecule has 7 heteroatoms. The number of para-hydroxylation sites is 1. The molecule has 3 aromatic rings. The van der Waals surface area contributed by atoms with Crippen LogP contribution in [0, 0.1) is 0 Å². The van der Waals surface area contributed by atoms with E-state index in [-0.39, 0.29) is 17.9 Å². The minimum Gasteiger partial charge on any atom is -0.396 e. The van der Waals surface area contributed by atoms with E-state index in [0.29, 0.717) is 34.6 Å². The number of carbonyl (C=O) groups is 1. The quantitative estimate of drug-likeness (QED) is 0.338. The standard InChI is InChI=1S/C20H19BrN2O3S/c1-13(18(25)14-7-9-15(21)10-8-14)27-20-22-17-6-3-2-5-16(17)19(26)23(20)11-4-12-24/h2-3,5-10,13,24H,4,11-12H2,1H3. The van der Waals surface area contributed by atoms with Crippen molar-refractivity contribution >= 4 is 44.4 Å². The van der Waals surface area contributed by atoms with Crippen LogP contribution in [0.2, 0.25) is 0 Å². The van der Waals surface area contributed by atoms with Crippen LogP contribution in [0.1, 0.15) is 23.7 Å². The minimum atomic E-state index is -0.403. The average molecular weight is 447 g/mol. The van der Waals surface area contributed by atoms with Crippen LogP contribution in [0.25, 0.3) is 10.9 Å². The number of fused-ring (bicyclic) bond motifs is 1. The first kappa shape index (κ1) is 19.8. The van der Waals surface area contributed by atoms with E-state index in [4.69, 9.17) is 5.11 Å². The number of ketones is 1. The molecule has 0 spiro atoms. The van der Waals surface area contributed by atoms with Crippen LogP contribution < -0.4 is 5.56 Å². The Morgan fingerprint density at radius 3 is 2.63 bits per heavy atom. The van der Waals surface area contributed by atoms with E-state index < -0.39 is 5.25 Å². The average Bonchev–Trinajstić information content (AvgIpc) is 2.68. The first-order chi connectivity index (χ1) is 13.0. The topological polar surface area (TPSA) is 72.2 Å². The molecule has 0 bridgehead atoms. The van der Waals surface area contributed by atoms with Gasteiger partial charge >= 0.3 is 0 Å². The summed E-state index contributed by atoms with van der Waals surface area (Å²) in [6.45, 7) is 2.15. The molecule has 2 aromatic carbocycles. The van der Waals surface area contributed by atoms with Crippen molar-refractivity contribution in [2.75, 3.05) is 6.61 Å². The molecule has 0 aliphatic carbocycles. The van der Waals surface area contributed by atoms with Gasteiger partial charge in [0.2, 0.25) is 0 Å². The third kappa shape index (κ3) is 4.48. The molecule has 1 atom stereocenters. The Kier molecular flexibility index (Phi) is 6.46. The molecule has 0 fully saturated rings. The van der Waals surface area contributed by atoms with Gasteiger partial charge in [-0.25, -0.2) is 4.98 Å². The number of Topliss-reactive ketones (excluding diaryl/α,β-unsaturated/α-hetero) is 1. The number of hydrogen-bond donors (Lipinski definition) is 1. The smallest absolute Gasteiger partial charge is 0.262 e.